The molecule has 0 aliphatic carbocycles. The minimum atomic E-state index is -0.306. The third-order valence-corrected chi connectivity index (χ3v) is 4.25. The molecule has 1 aliphatic heterocycles. The summed E-state index contributed by atoms with van der Waals surface area (Å²) in [5.74, 6) is 0.624. The summed E-state index contributed by atoms with van der Waals surface area (Å²) >= 11 is 0. The van der Waals surface area contributed by atoms with Crippen LogP contribution in [0.5, 0.6) is 0 Å². The van der Waals surface area contributed by atoms with Gasteiger partial charge in [-0.1, -0.05) is 5.16 Å². The average Bonchev–Trinajstić information content (AvgIpc) is 3.09. The molecule has 0 spiro atoms. The van der Waals surface area contributed by atoms with E-state index in [0.29, 0.717) is 43.5 Å². The van der Waals surface area contributed by atoms with Crippen molar-refractivity contribution in [2.75, 3.05) is 26.2 Å². The molecule has 26 heavy (non-hydrogen) atoms. The van der Waals surface area contributed by atoms with Crippen molar-refractivity contribution in [1.82, 2.24) is 20.4 Å². The number of likely N-dealkylation sites (tertiary alicyclic amines) is 1. The van der Waals surface area contributed by atoms with E-state index in [0.717, 1.165) is 19.4 Å². The summed E-state index contributed by atoms with van der Waals surface area (Å²) < 4.78 is 18.3. The Morgan fingerprint density at radius 2 is 2.15 bits per heavy atom. The van der Waals surface area contributed by atoms with Crippen LogP contribution in [0.1, 0.15) is 18.7 Å². The van der Waals surface area contributed by atoms with Crippen molar-refractivity contribution < 1.29 is 13.7 Å². The van der Waals surface area contributed by atoms with Crippen LogP contribution in [-0.2, 0) is 11.3 Å². The van der Waals surface area contributed by atoms with E-state index in [1.54, 1.807) is 12.1 Å². The van der Waals surface area contributed by atoms with E-state index in [4.69, 9.17) is 10.3 Å². The molecule has 0 bridgehead atoms. The molecular formula is C17H23ClFN5O2. The Kier molecular flexibility index (Phi) is 7.50. The number of aromatic nitrogens is 2. The minimum Gasteiger partial charge on any atom is -0.355 e. The van der Waals surface area contributed by atoms with Gasteiger partial charge in [-0.25, -0.2) is 4.39 Å². The molecule has 142 valence electrons. The van der Waals surface area contributed by atoms with Crippen molar-refractivity contribution in [3.8, 4) is 11.4 Å². The minimum absolute atomic E-state index is 0. The van der Waals surface area contributed by atoms with Crippen molar-refractivity contribution >= 4 is 18.3 Å². The van der Waals surface area contributed by atoms with Crippen LogP contribution in [0.15, 0.2) is 28.8 Å². The van der Waals surface area contributed by atoms with Gasteiger partial charge in [0.2, 0.25) is 17.6 Å². The van der Waals surface area contributed by atoms with Crippen LogP contribution in [0.2, 0.25) is 0 Å². The number of benzene rings is 1. The summed E-state index contributed by atoms with van der Waals surface area (Å²) in [6.45, 7) is 2.98. The SMILES string of the molecule is Cl.NCCNC(=O)C1CCCN(Cc2nc(-c3ccc(F)cc3)no2)C1. The average molecular weight is 384 g/mol. The lowest BCUT2D eigenvalue weighted by molar-refractivity contribution is -0.126. The molecule has 7 nitrogen and oxygen atoms in total. The summed E-state index contributed by atoms with van der Waals surface area (Å²) in [6.07, 6.45) is 1.82. The Hall–Kier alpha value is -2.03. The van der Waals surface area contributed by atoms with Crippen LogP contribution in [-0.4, -0.2) is 47.1 Å². The fourth-order valence-corrected chi connectivity index (χ4v) is 2.98. The molecular weight excluding hydrogens is 361 g/mol. The van der Waals surface area contributed by atoms with Gasteiger partial charge in [-0.15, -0.1) is 12.4 Å². The van der Waals surface area contributed by atoms with Gasteiger partial charge in [-0.2, -0.15) is 4.98 Å². The van der Waals surface area contributed by atoms with E-state index in [1.165, 1.54) is 12.1 Å². The first kappa shape index (κ1) is 20.3. The largest absolute Gasteiger partial charge is 0.355 e. The Bertz CT molecular complexity index is 709. The van der Waals surface area contributed by atoms with Crippen LogP contribution in [0.4, 0.5) is 4.39 Å². The second-order valence-electron chi connectivity index (χ2n) is 6.17. The first-order valence-corrected chi connectivity index (χ1v) is 8.44. The Labute approximate surface area is 157 Å². The summed E-state index contributed by atoms with van der Waals surface area (Å²) in [5.41, 5.74) is 6.12. The molecule has 1 amide bonds. The number of piperidine rings is 1. The van der Waals surface area contributed by atoms with Gasteiger partial charge in [0, 0.05) is 25.2 Å². The summed E-state index contributed by atoms with van der Waals surface area (Å²) in [4.78, 5) is 18.6. The lowest BCUT2D eigenvalue weighted by atomic mass is 9.97. The summed E-state index contributed by atoms with van der Waals surface area (Å²) in [6, 6.07) is 5.95. The molecule has 1 aliphatic rings. The van der Waals surface area contributed by atoms with Crippen LogP contribution in [0, 0.1) is 11.7 Å². The van der Waals surface area contributed by atoms with Crippen molar-refractivity contribution in [3.63, 3.8) is 0 Å². The smallest absolute Gasteiger partial charge is 0.241 e. The van der Waals surface area contributed by atoms with Crippen LogP contribution < -0.4 is 11.1 Å². The normalized spacial score (nSPS) is 17.5. The van der Waals surface area contributed by atoms with Crippen LogP contribution in [0.3, 0.4) is 0 Å². The monoisotopic (exact) mass is 383 g/mol. The van der Waals surface area contributed by atoms with Gasteiger partial charge < -0.3 is 15.6 Å². The zero-order valence-electron chi connectivity index (χ0n) is 14.4. The molecule has 1 atom stereocenters. The van der Waals surface area contributed by atoms with Crippen molar-refractivity contribution in [2.24, 2.45) is 11.7 Å². The van der Waals surface area contributed by atoms with Gasteiger partial charge in [0.1, 0.15) is 5.82 Å². The standard InChI is InChI=1S/C17H22FN5O2.ClH/c18-14-5-3-12(4-6-14)16-21-15(25-22-16)11-23-9-1-2-13(10-23)17(24)20-8-7-19;/h3-6,13H,1-2,7-11,19H2,(H,20,24);1H. The van der Waals surface area contributed by atoms with E-state index < -0.39 is 0 Å². The molecule has 2 aromatic rings. The fraction of sp³-hybridized carbons (Fsp3) is 0.471. The quantitative estimate of drug-likeness (QED) is 0.786. The molecule has 2 heterocycles. The molecule has 1 fully saturated rings. The number of hydrogen-bond donors (Lipinski definition) is 2. The highest BCUT2D eigenvalue weighted by Crippen LogP contribution is 2.20. The van der Waals surface area contributed by atoms with E-state index in [2.05, 4.69) is 20.4 Å². The highest BCUT2D eigenvalue weighted by atomic mass is 35.5. The number of carbonyl (C=O) groups is 1. The molecule has 9 heteroatoms. The summed E-state index contributed by atoms with van der Waals surface area (Å²) in [5, 5.41) is 6.79. The second-order valence-corrected chi connectivity index (χ2v) is 6.17. The van der Waals surface area contributed by atoms with Crippen LogP contribution in [0.25, 0.3) is 11.4 Å². The Balaban J connectivity index is 0.00000243. The van der Waals surface area contributed by atoms with Gasteiger partial charge in [-0.05, 0) is 43.7 Å². The van der Waals surface area contributed by atoms with Gasteiger partial charge in [0.25, 0.3) is 0 Å². The van der Waals surface area contributed by atoms with E-state index >= 15 is 0 Å². The molecule has 0 radical (unpaired) electrons. The lowest BCUT2D eigenvalue weighted by Crippen LogP contribution is -2.43. The maximum absolute atomic E-state index is 13.0. The first-order chi connectivity index (χ1) is 12.2. The van der Waals surface area contributed by atoms with Gasteiger partial charge in [0.15, 0.2) is 0 Å². The van der Waals surface area contributed by atoms with E-state index in [-0.39, 0.29) is 30.0 Å². The number of amides is 1. The van der Waals surface area contributed by atoms with Crippen molar-refractivity contribution in [3.05, 3.63) is 36.0 Å². The molecule has 1 aromatic carbocycles. The number of hydrogen-bond acceptors (Lipinski definition) is 6. The summed E-state index contributed by atoms with van der Waals surface area (Å²) in [7, 11) is 0. The number of nitrogens with zero attached hydrogens (tertiary/aromatic N) is 3. The Morgan fingerprint density at radius 1 is 1.38 bits per heavy atom. The Morgan fingerprint density at radius 3 is 2.88 bits per heavy atom. The molecule has 1 saturated heterocycles. The third kappa shape index (κ3) is 5.23. The van der Waals surface area contributed by atoms with Gasteiger partial charge >= 0.3 is 0 Å². The van der Waals surface area contributed by atoms with Gasteiger partial charge in [0.05, 0.1) is 12.5 Å². The lowest BCUT2D eigenvalue weighted by Gasteiger charge is -2.30. The number of nitrogens with two attached hydrogens (primary N) is 1. The molecule has 1 aromatic heterocycles. The van der Waals surface area contributed by atoms with E-state index in [1.807, 2.05) is 0 Å². The van der Waals surface area contributed by atoms with Gasteiger partial charge in [-0.3, -0.25) is 9.69 Å². The topological polar surface area (TPSA) is 97.3 Å². The third-order valence-electron chi connectivity index (χ3n) is 4.25. The number of carbonyl (C=O) groups excluding carboxylic acids is 1. The number of halogens is 2. The maximum Gasteiger partial charge on any atom is 0.241 e. The zero-order chi connectivity index (χ0) is 17.6. The highest BCUT2D eigenvalue weighted by molar-refractivity contribution is 5.85. The molecule has 1 unspecified atom stereocenters. The molecule has 0 saturated carbocycles. The van der Waals surface area contributed by atoms with Crippen LogP contribution >= 0.6 is 12.4 Å². The van der Waals surface area contributed by atoms with E-state index in [9.17, 15) is 9.18 Å². The predicted molar refractivity (Wildman–Crippen MR) is 97.0 cm³/mol. The second kappa shape index (κ2) is 9.61. The highest BCUT2D eigenvalue weighted by Gasteiger charge is 2.26. The zero-order valence-corrected chi connectivity index (χ0v) is 15.2. The molecule has 3 rings (SSSR count). The van der Waals surface area contributed by atoms with Crippen molar-refractivity contribution in [1.29, 1.82) is 0 Å². The molecule has 3 N–H and O–H groups in total. The van der Waals surface area contributed by atoms with Crippen molar-refractivity contribution in [2.45, 2.75) is 19.4 Å². The fourth-order valence-electron chi connectivity index (χ4n) is 2.98. The predicted octanol–water partition coefficient (Wildman–Crippen LogP) is 1.58. The first-order valence-electron chi connectivity index (χ1n) is 8.44. The maximum atomic E-state index is 13.0. The number of nitrogens with one attached hydrogen (secondary N) is 1. The number of rotatable bonds is 6.